The second-order valence-electron chi connectivity index (χ2n) is 9.48. The summed E-state index contributed by atoms with van der Waals surface area (Å²) in [6, 6.07) is 14.6. The highest BCUT2D eigenvalue weighted by atomic mass is 32.2. The Hall–Kier alpha value is -2.33. The summed E-state index contributed by atoms with van der Waals surface area (Å²) in [5, 5.41) is -0.803. The molecular formula is C24H27NO5S2Si. The lowest BCUT2D eigenvalue weighted by Gasteiger charge is -2.29. The van der Waals surface area contributed by atoms with Crippen LogP contribution in [0, 0.1) is 6.92 Å². The van der Waals surface area contributed by atoms with Crippen LogP contribution in [0.5, 0.6) is 0 Å². The molecule has 9 heteroatoms. The molecule has 1 unspecified atom stereocenters. The van der Waals surface area contributed by atoms with Gasteiger partial charge in [0.2, 0.25) is 10.0 Å². The lowest BCUT2D eigenvalue weighted by Crippen LogP contribution is -2.38. The Balaban J connectivity index is 1.82. The standard InChI is InChI=1S/C24H27NO5S2Si/c1-17-10-12-19(13-11-17)32(29,30)25-15-14-20-21(16-25)24(33(2,3)4)22(26)23(20)31(27,28)18-8-6-5-7-9-18/h5-14,23H,15-16H2,1-4H3. The van der Waals surface area contributed by atoms with E-state index in [1.54, 1.807) is 48.5 Å². The lowest BCUT2D eigenvalue weighted by molar-refractivity contribution is -0.113. The highest BCUT2D eigenvalue weighted by Crippen LogP contribution is 2.42. The topological polar surface area (TPSA) is 88.6 Å². The molecule has 1 aliphatic heterocycles. The van der Waals surface area contributed by atoms with Gasteiger partial charge in [-0.25, -0.2) is 16.8 Å². The zero-order chi connectivity index (χ0) is 24.2. The van der Waals surface area contributed by atoms with E-state index in [0.29, 0.717) is 16.3 Å². The molecule has 0 saturated heterocycles. The van der Waals surface area contributed by atoms with E-state index in [0.717, 1.165) is 5.56 Å². The summed E-state index contributed by atoms with van der Waals surface area (Å²) in [6.07, 6.45) is 1.61. The van der Waals surface area contributed by atoms with Crippen LogP contribution in [0.2, 0.25) is 19.6 Å². The summed E-state index contributed by atoms with van der Waals surface area (Å²) in [6.45, 7) is 7.84. The lowest BCUT2D eigenvalue weighted by atomic mass is 10.1. The molecule has 2 aliphatic rings. The molecule has 0 radical (unpaired) electrons. The van der Waals surface area contributed by atoms with Crippen LogP contribution in [-0.4, -0.2) is 53.3 Å². The number of carbonyl (C=O) groups excluding carboxylic acids is 1. The van der Waals surface area contributed by atoms with Crippen molar-refractivity contribution in [3.05, 3.63) is 82.6 Å². The van der Waals surface area contributed by atoms with Gasteiger partial charge in [0.15, 0.2) is 20.9 Å². The molecule has 0 aromatic heterocycles. The molecule has 2 aromatic carbocycles. The summed E-state index contributed by atoms with van der Waals surface area (Å²) in [7, 11) is -10.1. The number of sulfone groups is 1. The number of sulfonamides is 1. The molecule has 33 heavy (non-hydrogen) atoms. The maximum atomic E-state index is 13.6. The van der Waals surface area contributed by atoms with Gasteiger partial charge in [-0.05, 0) is 47.5 Å². The molecule has 0 amide bonds. The fourth-order valence-corrected chi connectivity index (χ4v) is 9.73. The zero-order valence-corrected chi connectivity index (χ0v) is 21.7. The molecule has 174 valence electrons. The van der Waals surface area contributed by atoms with Crippen LogP contribution in [-0.2, 0) is 24.7 Å². The number of aryl methyl sites for hydroxylation is 1. The van der Waals surface area contributed by atoms with Gasteiger partial charge >= 0.3 is 0 Å². The SMILES string of the molecule is Cc1ccc(S(=O)(=O)N2CC=C3C(=C([Si](C)(C)C)C(=O)C3S(=O)(=O)c3ccccc3)C2)cc1. The van der Waals surface area contributed by atoms with Gasteiger partial charge in [-0.2, -0.15) is 4.31 Å². The fourth-order valence-electron chi connectivity index (χ4n) is 4.48. The van der Waals surface area contributed by atoms with Crippen LogP contribution in [0.3, 0.4) is 0 Å². The van der Waals surface area contributed by atoms with E-state index in [9.17, 15) is 21.6 Å². The molecule has 1 atom stereocenters. The fraction of sp³-hybridized carbons (Fsp3) is 0.292. The first-order valence-corrected chi connectivity index (χ1v) is 17.2. The van der Waals surface area contributed by atoms with Crippen molar-refractivity contribution in [2.24, 2.45) is 0 Å². The molecule has 0 saturated carbocycles. The van der Waals surface area contributed by atoms with E-state index in [-0.39, 0.29) is 22.9 Å². The maximum Gasteiger partial charge on any atom is 0.243 e. The van der Waals surface area contributed by atoms with Crippen LogP contribution in [0.15, 0.2) is 86.8 Å². The number of allylic oxidation sites excluding steroid dienone is 1. The van der Waals surface area contributed by atoms with Crippen molar-refractivity contribution in [3.8, 4) is 0 Å². The van der Waals surface area contributed by atoms with Crippen LogP contribution < -0.4 is 0 Å². The normalized spacial score (nSPS) is 20.1. The van der Waals surface area contributed by atoms with Crippen LogP contribution >= 0.6 is 0 Å². The predicted molar refractivity (Wildman–Crippen MR) is 131 cm³/mol. The number of fused-ring (bicyclic) bond motifs is 1. The average Bonchev–Trinajstić information content (AvgIpc) is 3.06. The number of ketones is 1. The van der Waals surface area contributed by atoms with E-state index in [2.05, 4.69) is 0 Å². The van der Waals surface area contributed by atoms with E-state index in [1.807, 2.05) is 26.6 Å². The number of nitrogens with zero attached hydrogens (tertiary/aromatic N) is 1. The van der Waals surface area contributed by atoms with Gasteiger partial charge < -0.3 is 0 Å². The predicted octanol–water partition coefficient (Wildman–Crippen LogP) is 3.52. The Bertz CT molecular complexity index is 1380. The van der Waals surface area contributed by atoms with Crippen molar-refractivity contribution >= 4 is 33.7 Å². The summed E-state index contributed by atoms with van der Waals surface area (Å²) in [4.78, 5) is 13.9. The molecule has 1 aliphatic carbocycles. The molecule has 2 aromatic rings. The summed E-state index contributed by atoms with van der Waals surface area (Å²) in [5.41, 5.74) is 1.95. The van der Waals surface area contributed by atoms with Crippen molar-refractivity contribution in [3.63, 3.8) is 0 Å². The van der Waals surface area contributed by atoms with Gasteiger partial charge in [-0.15, -0.1) is 0 Å². The Kier molecular flexibility index (Phi) is 5.89. The van der Waals surface area contributed by atoms with Crippen molar-refractivity contribution in [2.45, 2.75) is 41.6 Å². The highest BCUT2D eigenvalue weighted by molar-refractivity contribution is 7.93. The summed E-state index contributed by atoms with van der Waals surface area (Å²) in [5.74, 6) is -0.408. The van der Waals surface area contributed by atoms with Gasteiger partial charge in [-0.1, -0.05) is 61.6 Å². The van der Waals surface area contributed by atoms with Crippen molar-refractivity contribution in [2.75, 3.05) is 13.1 Å². The van der Waals surface area contributed by atoms with Gasteiger partial charge in [-0.3, -0.25) is 4.79 Å². The van der Waals surface area contributed by atoms with Gasteiger partial charge in [0.05, 0.1) is 17.9 Å². The van der Waals surface area contributed by atoms with Crippen molar-refractivity contribution in [1.29, 1.82) is 0 Å². The largest absolute Gasteiger partial charge is 0.293 e. The Morgan fingerprint density at radius 1 is 0.879 bits per heavy atom. The smallest absolute Gasteiger partial charge is 0.243 e. The van der Waals surface area contributed by atoms with Crippen LogP contribution in [0.1, 0.15) is 5.56 Å². The average molecular weight is 502 g/mol. The first-order valence-electron chi connectivity index (χ1n) is 10.7. The third-order valence-electron chi connectivity index (χ3n) is 6.06. The summed E-state index contributed by atoms with van der Waals surface area (Å²) < 4.78 is 54.9. The van der Waals surface area contributed by atoms with E-state index < -0.39 is 39.0 Å². The minimum atomic E-state index is -3.97. The molecule has 0 N–H and O–H groups in total. The minimum absolute atomic E-state index is 0.00576. The van der Waals surface area contributed by atoms with Crippen molar-refractivity contribution < 1.29 is 21.6 Å². The van der Waals surface area contributed by atoms with Crippen LogP contribution in [0.25, 0.3) is 0 Å². The van der Waals surface area contributed by atoms with Gasteiger partial charge in [0.25, 0.3) is 0 Å². The van der Waals surface area contributed by atoms with Crippen LogP contribution in [0.4, 0.5) is 0 Å². The second-order valence-corrected chi connectivity index (χ2v) is 18.4. The number of hydrogen-bond donors (Lipinski definition) is 0. The van der Waals surface area contributed by atoms with E-state index in [1.165, 1.54) is 16.4 Å². The Morgan fingerprint density at radius 2 is 1.48 bits per heavy atom. The Labute approximate surface area is 196 Å². The first kappa shape index (κ1) is 23.8. The molecule has 6 nitrogen and oxygen atoms in total. The van der Waals surface area contributed by atoms with E-state index in [4.69, 9.17) is 0 Å². The molecule has 4 rings (SSSR count). The Morgan fingerprint density at radius 3 is 2.06 bits per heavy atom. The second kappa shape index (κ2) is 8.16. The van der Waals surface area contributed by atoms with E-state index >= 15 is 0 Å². The van der Waals surface area contributed by atoms with Gasteiger partial charge in [0.1, 0.15) is 0 Å². The molecule has 0 bridgehead atoms. The monoisotopic (exact) mass is 501 g/mol. The molecule has 1 heterocycles. The number of rotatable bonds is 5. The highest BCUT2D eigenvalue weighted by Gasteiger charge is 2.50. The van der Waals surface area contributed by atoms with Crippen molar-refractivity contribution in [1.82, 2.24) is 4.31 Å². The quantitative estimate of drug-likeness (QED) is 0.585. The molecule has 0 spiro atoms. The zero-order valence-electron chi connectivity index (χ0n) is 19.1. The third kappa shape index (κ3) is 4.07. The minimum Gasteiger partial charge on any atom is -0.293 e. The summed E-state index contributed by atoms with van der Waals surface area (Å²) >= 11 is 0. The maximum absolute atomic E-state index is 13.6. The van der Waals surface area contributed by atoms with Gasteiger partial charge in [0, 0.05) is 13.1 Å². The first-order chi connectivity index (χ1) is 15.3. The molecule has 0 fully saturated rings. The number of hydrogen-bond acceptors (Lipinski definition) is 5. The number of carbonyl (C=O) groups is 1. The number of Topliss-reactive ketones (excluding diaryl/α,β-unsaturated/α-hetero) is 1. The third-order valence-corrected chi connectivity index (χ3v) is 11.9. The molecular weight excluding hydrogens is 474 g/mol. The number of benzene rings is 2.